The molecule has 8 atom stereocenters. The molecule has 0 saturated heterocycles. The van der Waals surface area contributed by atoms with Crippen molar-refractivity contribution in [3.63, 3.8) is 0 Å². The van der Waals surface area contributed by atoms with Gasteiger partial charge in [-0.2, -0.15) is 0 Å². The Morgan fingerprint density at radius 1 is 0.854 bits per heavy atom. The number of rotatable bonds is 2. The van der Waals surface area contributed by atoms with Gasteiger partial charge >= 0.3 is 0 Å². The van der Waals surface area contributed by atoms with Crippen molar-refractivity contribution in [1.82, 2.24) is 0 Å². The number of carbonyl (C=O) groups is 1. The van der Waals surface area contributed by atoms with Crippen molar-refractivity contribution in [2.24, 2.45) is 51.1 Å². The van der Waals surface area contributed by atoms with E-state index in [1.807, 2.05) is 19.1 Å². The summed E-state index contributed by atoms with van der Waals surface area (Å²) in [5, 5.41) is 0. The largest absolute Gasteiger partial charge is 0.388 e. The van der Waals surface area contributed by atoms with Crippen molar-refractivity contribution < 1.29 is 9.53 Å². The molecule has 41 heavy (non-hydrogen) atoms. The van der Waals surface area contributed by atoms with Crippen molar-refractivity contribution in [2.75, 3.05) is 14.2 Å². The molecule has 1 aromatic rings. The van der Waals surface area contributed by atoms with Crippen LogP contribution in [-0.2, 0) is 4.74 Å². The molecule has 0 spiro atoms. The first kappa shape index (κ1) is 32.2. The van der Waals surface area contributed by atoms with Gasteiger partial charge in [0.15, 0.2) is 0 Å². The van der Waals surface area contributed by atoms with Gasteiger partial charge in [0.2, 0.25) is 0 Å². The molecule has 3 heteroatoms. The molecule has 6 rings (SSSR count). The topological polar surface area (TPSA) is 52.3 Å². The fourth-order valence-electron chi connectivity index (χ4n) is 11.5. The van der Waals surface area contributed by atoms with Crippen molar-refractivity contribution in [3.05, 3.63) is 54.1 Å². The molecule has 0 bridgehead atoms. The lowest BCUT2D eigenvalue weighted by Crippen LogP contribution is -2.66. The molecule has 0 aliphatic heterocycles. The molecule has 0 radical (unpaired) electrons. The molecule has 0 heterocycles. The normalized spacial score (nSPS) is 41.8. The molecule has 4 fully saturated rings. The van der Waals surface area contributed by atoms with Gasteiger partial charge in [-0.05, 0) is 121 Å². The van der Waals surface area contributed by atoms with E-state index in [-0.39, 0.29) is 11.0 Å². The number of nitrogens with two attached hydrogens (primary N) is 1. The fraction of sp³-hybridized carbons (Fsp3) is 0.711. The van der Waals surface area contributed by atoms with E-state index in [0.717, 1.165) is 29.6 Å². The first-order chi connectivity index (χ1) is 19.3. The second kappa shape index (κ2) is 11.8. The highest BCUT2D eigenvalue weighted by molar-refractivity contribution is 5.78. The Morgan fingerprint density at radius 2 is 1.49 bits per heavy atom. The van der Waals surface area contributed by atoms with Crippen molar-refractivity contribution in [3.8, 4) is 0 Å². The maximum atomic E-state index is 11.2. The van der Waals surface area contributed by atoms with E-state index in [2.05, 4.69) is 64.1 Å². The van der Waals surface area contributed by atoms with Gasteiger partial charge in [-0.1, -0.05) is 77.5 Å². The highest BCUT2D eigenvalue weighted by Crippen LogP contribution is 2.75. The highest BCUT2D eigenvalue weighted by Gasteiger charge is 2.69. The van der Waals surface area contributed by atoms with E-state index in [0.29, 0.717) is 22.2 Å². The molecule has 228 valence electrons. The first-order valence-electron chi connectivity index (χ1n) is 16.3. The predicted octanol–water partition coefficient (Wildman–Crippen LogP) is 9.51. The number of aldehydes is 1. The summed E-state index contributed by atoms with van der Waals surface area (Å²) in [6, 6.07) is 8.30. The molecule has 4 saturated carbocycles. The number of hydrogen-bond acceptors (Lipinski definition) is 3. The Labute approximate surface area is 251 Å². The zero-order chi connectivity index (χ0) is 30.3. The highest BCUT2D eigenvalue weighted by atomic mass is 16.4. The van der Waals surface area contributed by atoms with Crippen LogP contribution >= 0.6 is 0 Å². The summed E-state index contributed by atoms with van der Waals surface area (Å²) in [5.41, 5.74) is 12.1. The molecular weight excluding hydrogens is 502 g/mol. The summed E-state index contributed by atoms with van der Waals surface area (Å²) < 4.78 is 4.25. The third kappa shape index (κ3) is 5.01. The lowest BCUT2D eigenvalue weighted by Gasteiger charge is -2.72. The number of carbonyl (C=O) groups excluding carboxylic acids is 1. The number of benzene rings is 1. The minimum Gasteiger partial charge on any atom is -0.388 e. The lowest BCUT2D eigenvalue weighted by molar-refractivity contribution is -0.215. The van der Waals surface area contributed by atoms with E-state index in [1.54, 1.807) is 20.3 Å². The van der Waals surface area contributed by atoms with Gasteiger partial charge in [0.25, 0.3) is 0 Å². The number of fused-ring (bicyclic) bond motifs is 7. The van der Waals surface area contributed by atoms with Crippen LogP contribution in [0.2, 0.25) is 0 Å². The zero-order valence-electron chi connectivity index (χ0n) is 27.5. The van der Waals surface area contributed by atoms with Crippen molar-refractivity contribution >= 4 is 11.9 Å². The Hall–Kier alpha value is -1.71. The van der Waals surface area contributed by atoms with E-state index < -0.39 is 0 Å². The lowest BCUT2D eigenvalue weighted by atomic mass is 9.33. The number of methoxy groups -OCH3 is 1. The van der Waals surface area contributed by atoms with Gasteiger partial charge in [0, 0.05) is 25.3 Å². The number of allylic oxidation sites excluding steroid dienone is 3. The van der Waals surface area contributed by atoms with Crippen LogP contribution in [0.3, 0.4) is 0 Å². The third-order valence-electron chi connectivity index (χ3n) is 13.4. The average Bonchev–Trinajstić information content (AvgIpc) is 3.32. The summed E-state index contributed by atoms with van der Waals surface area (Å²) in [7, 11) is 3.25. The van der Waals surface area contributed by atoms with Crippen LogP contribution in [0.15, 0.2) is 43.0 Å². The molecule has 1 aromatic carbocycles. The molecule has 5 aliphatic carbocycles. The average molecular weight is 562 g/mol. The van der Waals surface area contributed by atoms with Crippen LogP contribution in [-0.4, -0.2) is 26.0 Å². The predicted molar refractivity (Wildman–Crippen MR) is 174 cm³/mol. The van der Waals surface area contributed by atoms with E-state index in [4.69, 9.17) is 5.73 Å². The Balaban J connectivity index is 0.000000596. The summed E-state index contributed by atoms with van der Waals surface area (Å²) in [4.78, 5) is 11.2. The van der Waals surface area contributed by atoms with Crippen LogP contribution in [0.4, 0.5) is 0 Å². The standard InChI is InChI=1S/C33H47NO.C3H6.C2H6O/c1-29(2)24(23-10-8-22(21-35)9-11-23)14-17-30(3)27(29)15-18-32(5)28(30)13-12-25-26-7-6-16-33(26,34)20-19-31(25,32)4;2*1-3-2/h8-11,14,21,25-28H,6-7,12-13,15-20,34H2,1-5H3;3H,1H2,2H3;1-2H3/t25?,26?,27?,28?,30?,31-,32?,33?;;/m1../s1. The van der Waals surface area contributed by atoms with Gasteiger partial charge in [0.05, 0.1) is 0 Å². The number of hydrogen-bond donors (Lipinski definition) is 1. The molecule has 0 amide bonds. The Bertz CT molecular complexity index is 1120. The van der Waals surface area contributed by atoms with Crippen molar-refractivity contribution in [1.29, 1.82) is 0 Å². The first-order valence-corrected chi connectivity index (χ1v) is 16.3. The van der Waals surface area contributed by atoms with Gasteiger partial charge in [-0.15, -0.1) is 6.58 Å². The Kier molecular flexibility index (Phi) is 9.24. The molecule has 5 aliphatic rings. The minimum absolute atomic E-state index is 0.137. The van der Waals surface area contributed by atoms with Crippen LogP contribution in [0.1, 0.15) is 122 Å². The smallest absolute Gasteiger partial charge is 0.150 e. The maximum absolute atomic E-state index is 11.2. The van der Waals surface area contributed by atoms with Crippen LogP contribution in [0.5, 0.6) is 0 Å². The number of ether oxygens (including phenoxy) is 1. The van der Waals surface area contributed by atoms with E-state index in [1.165, 1.54) is 75.3 Å². The molecule has 3 nitrogen and oxygen atoms in total. The molecule has 2 N–H and O–H groups in total. The van der Waals surface area contributed by atoms with Crippen molar-refractivity contribution in [2.45, 2.75) is 111 Å². The van der Waals surface area contributed by atoms with Gasteiger partial charge in [0.1, 0.15) is 6.29 Å². The van der Waals surface area contributed by atoms with Crippen LogP contribution in [0, 0.1) is 45.3 Å². The van der Waals surface area contributed by atoms with Gasteiger partial charge in [-0.25, -0.2) is 0 Å². The SMILES string of the molecule is C=CC.CC1(C)C(c2ccc(C=O)cc2)=CCC2(C)C1CCC1(C)C2CCC2C3CCCC3(N)CC[C@]21C.COC. The third-order valence-corrected chi connectivity index (χ3v) is 13.4. The van der Waals surface area contributed by atoms with Crippen LogP contribution in [0.25, 0.3) is 5.57 Å². The second-order valence-corrected chi connectivity index (χ2v) is 15.5. The summed E-state index contributed by atoms with van der Waals surface area (Å²) >= 11 is 0. The maximum Gasteiger partial charge on any atom is 0.150 e. The quantitative estimate of drug-likeness (QED) is 0.289. The summed E-state index contributed by atoms with van der Waals surface area (Å²) in [6.07, 6.45) is 18.6. The van der Waals surface area contributed by atoms with E-state index >= 15 is 0 Å². The minimum atomic E-state index is 0.137. The van der Waals surface area contributed by atoms with Gasteiger partial charge < -0.3 is 10.5 Å². The fourth-order valence-corrected chi connectivity index (χ4v) is 11.5. The molecule has 7 unspecified atom stereocenters. The van der Waals surface area contributed by atoms with Crippen LogP contribution < -0.4 is 5.73 Å². The zero-order valence-corrected chi connectivity index (χ0v) is 27.5. The molecule has 0 aromatic heterocycles. The second-order valence-electron chi connectivity index (χ2n) is 15.5. The van der Waals surface area contributed by atoms with Gasteiger partial charge in [-0.3, -0.25) is 4.79 Å². The monoisotopic (exact) mass is 561 g/mol. The Morgan fingerprint density at radius 3 is 2.10 bits per heavy atom. The summed E-state index contributed by atoms with van der Waals surface area (Å²) in [6.45, 7) is 18.3. The summed E-state index contributed by atoms with van der Waals surface area (Å²) in [5.74, 6) is 3.07. The molecular formula is C38H59NO2. The van der Waals surface area contributed by atoms with E-state index in [9.17, 15) is 4.79 Å².